The van der Waals surface area contributed by atoms with Crippen molar-refractivity contribution in [2.24, 2.45) is 5.92 Å². The van der Waals surface area contributed by atoms with Crippen molar-refractivity contribution in [3.05, 3.63) is 54.6 Å². The minimum absolute atomic E-state index is 0.0930. The maximum atomic E-state index is 13.1. The van der Waals surface area contributed by atoms with Gasteiger partial charge in [0, 0.05) is 50.9 Å². The molecule has 4 amide bonds. The Hall–Kier alpha value is -3.75. The molecular weight excluding hydrogens is 448 g/mol. The number of piperazine rings is 1. The molecule has 3 heterocycles. The van der Waals surface area contributed by atoms with E-state index in [9.17, 15) is 14.4 Å². The van der Waals surface area contributed by atoms with Gasteiger partial charge in [0.1, 0.15) is 6.61 Å². The molecule has 0 saturated carbocycles. The van der Waals surface area contributed by atoms with Gasteiger partial charge in [0.15, 0.2) is 11.5 Å². The Bertz CT molecular complexity index is 1060. The van der Waals surface area contributed by atoms with Gasteiger partial charge in [-0.1, -0.05) is 30.3 Å². The highest BCUT2D eigenvalue weighted by molar-refractivity contribution is 5.89. The number of hydrogen-bond acceptors (Lipinski definition) is 5. The minimum atomic E-state index is -0.668. The number of carbonyl (C=O) groups is 3. The van der Waals surface area contributed by atoms with Gasteiger partial charge < -0.3 is 29.5 Å². The summed E-state index contributed by atoms with van der Waals surface area (Å²) in [6.07, 6.45) is 0.623. The van der Waals surface area contributed by atoms with Gasteiger partial charge in [-0.2, -0.15) is 0 Å². The number of para-hydroxylation sites is 3. The lowest BCUT2D eigenvalue weighted by atomic mass is 9.95. The van der Waals surface area contributed by atoms with Gasteiger partial charge in [-0.25, -0.2) is 4.79 Å². The first-order chi connectivity index (χ1) is 17.1. The van der Waals surface area contributed by atoms with Crippen LogP contribution in [-0.2, 0) is 9.59 Å². The van der Waals surface area contributed by atoms with E-state index in [0.29, 0.717) is 63.6 Å². The normalized spacial score (nSPS) is 20.3. The van der Waals surface area contributed by atoms with E-state index in [-0.39, 0.29) is 30.4 Å². The van der Waals surface area contributed by atoms with E-state index in [1.807, 2.05) is 53.4 Å². The predicted octanol–water partition coefficient (Wildman–Crippen LogP) is 2.44. The molecule has 2 saturated heterocycles. The van der Waals surface area contributed by atoms with Crippen LogP contribution in [0.5, 0.6) is 11.5 Å². The first kappa shape index (κ1) is 23.0. The molecule has 5 rings (SSSR count). The number of urea groups is 1. The van der Waals surface area contributed by atoms with Gasteiger partial charge in [0.25, 0.3) is 5.91 Å². The van der Waals surface area contributed by atoms with Crippen LogP contribution in [0, 0.1) is 5.92 Å². The van der Waals surface area contributed by atoms with E-state index >= 15 is 0 Å². The maximum Gasteiger partial charge on any atom is 0.321 e. The van der Waals surface area contributed by atoms with Crippen LogP contribution in [0.2, 0.25) is 0 Å². The Morgan fingerprint density at radius 3 is 2.00 bits per heavy atom. The zero-order valence-electron chi connectivity index (χ0n) is 19.6. The van der Waals surface area contributed by atoms with E-state index in [0.717, 1.165) is 5.69 Å². The summed E-state index contributed by atoms with van der Waals surface area (Å²) in [6.45, 7) is 3.25. The third-order valence-corrected chi connectivity index (χ3v) is 6.84. The van der Waals surface area contributed by atoms with Crippen molar-refractivity contribution in [2.75, 3.05) is 51.2 Å². The summed E-state index contributed by atoms with van der Waals surface area (Å²) < 4.78 is 11.5. The molecule has 35 heavy (non-hydrogen) atoms. The van der Waals surface area contributed by atoms with Crippen LogP contribution in [0.25, 0.3) is 0 Å². The van der Waals surface area contributed by atoms with Crippen molar-refractivity contribution in [3.8, 4) is 11.5 Å². The van der Waals surface area contributed by atoms with E-state index in [4.69, 9.17) is 9.47 Å². The molecule has 9 heteroatoms. The second-order valence-electron chi connectivity index (χ2n) is 9.07. The number of likely N-dealkylation sites (tertiary alicyclic amines) is 1. The van der Waals surface area contributed by atoms with Gasteiger partial charge in [-0.15, -0.1) is 0 Å². The van der Waals surface area contributed by atoms with Crippen molar-refractivity contribution in [1.82, 2.24) is 14.7 Å². The minimum Gasteiger partial charge on any atom is -0.485 e. The number of hydrogen-bond donors (Lipinski definition) is 1. The molecule has 0 bridgehead atoms. The molecule has 1 unspecified atom stereocenters. The third-order valence-electron chi connectivity index (χ3n) is 6.84. The number of fused-ring (bicyclic) bond motifs is 1. The molecule has 3 aliphatic heterocycles. The van der Waals surface area contributed by atoms with Crippen molar-refractivity contribution in [3.63, 3.8) is 0 Å². The molecule has 1 atom stereocenters. The second kappa shape index (κ2) is 10.2. The van der Waals surface area contributed by atoms with E-state index < -0.39 is 6.10 Å². The zero-order valence-corrected chi connectivity index (χ0v) is 19.6. The number of ether oxygens (including phenoxy) is 2. The predicted molar refractivity (Wildman–Crippen MR) is 129 cm³/mol. The number of anilines is 1. The Morgan fingerprint density at radius 1 is 0.714 bits per heavy atom. The van der Waals surface area contributed by atoms with Crippen LogP contribution >= 0.6 is 0 Å². The Balaban J connectivity index is 1.07. The van der Waals surface area contributed by atoms with Crippen molar-refractivity contribution in [2.45, 2.75) is 18.9 Å². The monoisotopic (exact) mass is 478 g/mol. The van der Waals surface area contributed by atoms with Gasteiger partial charge >= 0.3 is 6.03 Å². The second-order valence-corrected chi connectivity index (χ2v) is 9.07. The van der Waals surface area contributed by atoms with Crippen LogP contribution in [0.4, 0.5) is 10.5 Å². The lowest BCUT2D eigenvalue weighted by Gasteiger charge is -2.39. The first-order valence-corrected chi connectivity index (χ1v) is 12.2. The molecule has 0 spiro atoms. The van der Waals surface area contributed by atoms with Crippen molar-refractivity contribution in [1.29, 1.82) is 0 Å². The Kier molecular flexibility index (Phi) is 6.74. The van der Waals surface area contributed by atoms with Gasteiger partial charge in [-0.3, -0.25) is 9.59 Å². The Labute approximate surface area is 204 Å². The van der Waals surface area contributed by atoms with Crippen LogP contribution < -0.4 is 14.8 Å². The molecule has 184 valence electrons. The van der Waals surface area contributed by atoms with Gasteiger partial charge in [0.05, 0.1) is 0 Å². The highest BCUT2D eigenvalue weighted by Gasteiger charge is 2.35. The third kappa shape index (κ3) is 5.18. The van der Waals surface area contributed by atoms with Crippen LogP contribution in [0.15, 0.2) is 54.6 Å². The average Bonchev–Trinajstić information content (AvgIpc) is 2.92. The van der Waals surface area contributed by atoms with E-state index in [1.54, 1.807) is 15.9 Å². The number of nitrogens with zero attached hydrogens (tertiary/aromatic N) is 3. The molecule has 3 aliphatic rings. The molecular formula is C26H30N4O5. The average molecular weight is 479 g/mol. The fourth-order valence-corrected chi connectivity index (χ4v) is 4.80. The summed E-state index contributed by atoms with van der Waals surface area (Å²) in [7, 11) is 0. The maximum absolute atomic E-state index is 13.1. The van der Waals surface area contributed by atoms with Crippen molar-refractivity contribution < 1.29 is 23.9 Å². The summed E-state index contributed by atoms with van der Waals surface area (Å²) >= 11 is 0. The smallest absolute Gasteiger partial charge is 0.321 e. The first-order valence-electron chi connectivity index (χ1n) is 12.2. The molecule has 2 aromatic carbocycles. The number of nitrogens with one attached hydrogen (secondary N) is 1. The number of rotatable bonds is 3. The number of piperidine rings is 1. The summed E-state index contributed by atoms with van der Waals surface area (Å²) in [5, 5.41) is 2.90. The lowest BCUT2D eigenvalue weighted by molar-refractivity contribution is -0.148. The molecule has 0 radical (unpaired) electrons. The summed E-state index contributed by atoms with van der Waals surface area (Å²) in [6, 6.07) is 16.6. The Morgan fingerprint density at radius 2 is 1.31 bits per heavy atom. The fraction of sp³-hybridized carbons (Fsp3) is 0.423. The standard InChI is InChI=1S/C26H30N4O5/c31-24(19-10-12-30(13-11-19)26(33)27-20-6-2-1-3-7-20)28-14-16-29(17-15-28)25(32)23-18-34-21-8-4-5-9-22(21)35-23/h1-9,19,23H,10-18H2,(H,27,33). The number of benzene rings is 2. The van der Waals surface area contributed by atoms with E-state index in [2.05, 4.69) is 5.32 Å². The molecule has 0 aromatic heterocycles. The fourth-order valence-electron chi connectivity index (χ4n) is 4.80. The van der Waals surface area contributed by atoms with Gasteiger partial charge in [-0.05, 0) is 37.1 Å². The highest BCUT2D eigenvalue weighted by Crippen LogP contribution is 2.31. The van der Waals surface area contributed by atoms with Crippen molar-refractivity contribution >= 4 is 23.5 Å². The molecule has 1 N–H and O–H groups in total. The van der Waals surface area contributed by atoms with E-state index in [1.165, 1.54) is 0 Å². The zero-order chi connectivity index (χ0) is 24.2. The topological polar surface area (TPSA) is 91.4 Å². The van der Waals surface area contributed by atoms with Gasteiger partial charge in [0.2, 0.25) is 12.0 Å². The van der Waals surface area contributed by atoms with Crippen LogP contribution in [0.3, 0.4) is 0 Å². The number of amides is 4. The van der Waals surface area contributed by atoms with Crippen LogP contribution in [0.1, 0.15) is 12.8 Å². The molecule has 0 aliphatic carbocycles. The van der Waals surface area contributed by atoms with Crippen LogP contribution in [-0.4, -0.2) is 84.5 Å². The molecule has 2 fully saturated rings. The SMILES string of the molecule is O=C(Nc1ccccc1)N1CCC(C(=O)N2CCN(C(=O)C3COc4ccccc4O3)CC2)CC1. The molecule has 9 nitrogen and oxygen atoms in total. The quantitative estimate of drug-likeness (QED) is 0.732. The summed E-state index contributed by atoms with van der Waals surface area (Å²) in [4.78, 5) is 43.9. The summed E-state index contributed by atoms with van der Waals surface area (Å²) in [5.41, 5.74) is 0.762. The lowest BCUT2D eigenvalue weighted by Crippen LogP contribution is -2.56. The molecule has 2 aromatic rings. The largest absolute Gasteiger partial charge is 0.485 e. The highest BCUT2D eigenvalue weighted by atomic mass is 16.6. The summed E-state index contributed by atoms with van der Waals surface area (Å²) in [5.74, 6) is 1.14. The number of carbonyl (C=O) groups excluding carboxylic acids is 3.